The first-order valence-corrected chi connectivity index (χ1v) is 11.2. The van der Waals surface area contributed by atoms with Crippen LogP contribution in [-0.4, -0.2) is 20.4 Å². The van der Waals surface area contributed by atoms with Gasteiger partial charge in [-0.2, -0.15) is 0 Å². The Morgan fingerprint density at radius 2 is 1.97 bits per heavy atom. The molecule has 0 atom stereocenters. The molecule has 0 radical (unpaired) electrons. The van der Waals surface area contributed by atoms with Crippen LogP contribution in [0.1, 0.15) is 35.7 Å². The fourth-order valence-electron chi connectivity index (χ4n) is 3.54. The van der Waals surface area contributed by atoms with Gasteiger partial charge in [0.1, 0.15) is 5.82 Å². The predicted molar refractivity (Wildman–Crippen MR) is 127 cm³/mol. The summed E-state index contributed by atoms with van der Waals surface area (Å²) < 4.78 is 2.18. The van der Waals surface area contributed by atoms with Crippen LogP contribution in [0.3, 0.4) is 0 Å². The lowest BCUT2D eigenvalue weighted by Gasteiger charge is -2.25. The summed E-state index contributed by atoms with van der Waals surface area (Å²) >= 11 is 1.43. The maximum absolute atomic E-state index is 13.6. The Balaban J connectivity index is 1.85. The van der Waals surface area contributed by atoms with Gasteiger partial charge in [0.25, 0.3) is 11.5 Å². The monoisotopic (exact) mass is 449 g/mol. The van der Waals surface area contributed by atoms with Crippen molar-refractivity contribution in [3.63, 3.8) is 0 Å². The number of anilines is 2. The number of unbranched alkanes of at least 4 members (excludes halogenated alkanes) is 1. The van der Waals surface area contributed by atoms with Gasteiger partial charge in [-0.15, -0.1) is 11.3 Å². The quantitative estimate of drug-likeness (QED) is 0.449. The molecule has 0 saturated carbocycles. The number of hydrogen-bond acceptors (Lipinski definition) is 6. The van der Waals surface area contributed by atoms with E-state index in [0.29, 0.717) is 18.5 Å². The molecule has 0 saturated heterocycles. The summed E-state index contributed by atoms with van der Waals surface area (Å²) in [4.78, 5) is 46.8. The summed E-state index contributed by atoms with van der Waals surface area (Å²) in [6.45, 7) is 2.47. The van der Waals surface area contributed by atoms with Crippen molar-refractivity contribution in [3.05, 3.63) is 86.0 Å². The minimum atomic E-state index is -0.691. The highest BCUT2D eigenvalue weighted by Crippen LogP contribution is 2.25. The lowest BCUT2D eigenvalue weighted by atomic mass is 10.1. The molecule has 2 aromatic carbocycles. The molecule has 0 aliphatic carbocycles. The highest BCUT2D eigenvalue weighted by molar-refractivity contribution is 7.16. The summed E-state index contributed by atoms with van der Waals surface area (Å²) in [6.07, 6.45) is 1.56. The Labute approximate surface area is 188 Å². The van der Waals surface area contributed by atoms with Gasteiger partial charge in [0.2, 0.25) is 0 Å². The molecule has 0 unspecified atom stereocenters. The molecule has 8 nitrogen and oxygen atoms in total. The molecule has 0 fully saturated rings. The maximum Gasteiger partial charge on any atom is 0.330 e. The molecule has 4 rings (SSSR count). The average Bonchev–Trinajstić information content (AvgIpc) is 3.26. The Morgan fingerprint density at radius 3 is 2.72 bits per heavy atom. The number of benzene rings is 2. The number of carbonyl (C=O) groups is 1. The topological polar surface area (TPSA) is 114 Å². The molecule has 164 valence electrons. The van der Waals surface area contributed by atoms with E-state index in [0.717, 1.165) is 22.2 Å². The SMILES string of the molecule is CCCCn1c(N)c(N(Cc2ccccc2)C(=O)c2ccc3ncsc3c2)c(=O)[nH]c1=O. The zero-order valence-electron chi connectivity index (χ0n) is 17.6. The molecule has 2 aromatic heterocycles. The fraction of sp³-hybridized carbons (Fsp3) is 0.217. The van der Waals surface area contributed by atoms with Crippen LogP contribution in [-0.2, 0) is 13.1 Å². The maximum atomic E-state index is 13.6. The number of thiazole rings is 1. The van der Waals surface area contributed by atoms with Crippen molar-refractivity contribution >= 4 is 39.0 Å². The second-order valence-electron chi connectivity index (χ2n) is 7.41. The first kappa shape index (κ1) is 21.5. The Kier molecular flexibility index (Phi) is 6.18. The van der Waals surface area contributed by atoms with Crippen molar-refractivity contribution in [3.8, 4) is 0 Å². The van der Waals surface area contributed by atoms with Gasteiger partial charge in [0, 0.05) is 12.1 Å². The van der Waals surface area contributed by atoms with Crippen LogP contribution in [0, 0.1) is 0 Å². The zero-order valence-corrected chi connectivity index (χ0v) is 18.4. The van der Waals surface area contributed by atoms with Crippen molar-refractivity contribution in [2.75, 3.05) is 10.6 Å². The van der Waals surface area contributed by atoms with Crippen LogP contribution >= 0.6 is 11.3 Å². The number of aromatic amines is 1. The summed E-state index contributed by atoms with van der Waals surface area (Å²) in [6, 6.07) is 14.5. The number of amides is 1. The van der Waals surface area contributed by atoms with E-state index in [4.69, 9.17) is 5.73 Å². The number of hydrogen-bond donors (Lipinski definition) is 2. The molecule has 0 bridgehead atoms. The van der Waals surface area contributed by atoms with Gasteiger partial charge in [-0.3, -0.25) is 24.0 Å². The minimum absolute atomic E-state index is 0.0182. The smallest absolute Gasteiger partial charge is 0.330 e. The number of nitrogen functional groups attached to an aromatic ring is 1. The van der Waals surface area contributed by atoms with Gasteiger partial charge < -0.3 is 5.73 Å². The van der Waals surface area contributed by atoms with Gasteiger partial charge in [0.15, 0.2) is 5.69 Å². The normalized spacial score (nSPS) is 11.0. The van der Waals surface area contributed by atoms with Crippen molar-refractivity contribution in [2.24, 2.45) is 0 Å². The zero-order chi connectivity index (χ0) is 22.7. The Morgan fingerprint density at radius 1 is 1.19 bits per heavy atom. The van der Waals surface area contributed by atoms with E-state index in [2.05, 4.69) is 9.97 Å². The van der Waals surface area contributed by atoms with Crippen molar-refractivity contribution < 1.29 is 4.79 Å². The Bertz CT molecular complexity index is 1370. The lowest BCUT2D eigenvalue weighted by Crippen LogP contribution is -2.41. The molecule has 0 spiro atoms. The van der Waals surface area contributed by atoms with Crippen LogP contribution in [0.25, 0.3) is 10.2 Å². The number of aromatic nitrogens is 3. The molecular formula is C23H23N5O3S. The molecule has 32 heavy (non-hydrogen) atoms. The fourth-order valence-corrected chi connectivity index (χ4v) is 4.26. The van der Waals surface area contributed by atoms with Crippen molar-refractivity contribution in [2.45, 2.75) is 32.9 Å². The average molecular weight is 450 g/mol. The van der Waals surface area contributed by atoms with E-state index >= 15 is 0 Å². The number of rotatable bonds is 7. The molecular weight excluding hydrogens is 426 g/mol. The second kappa shape index (κ2) is 9.19. The number of H-pyrrole nitrogens is 1. The first-order chi connectivity index (χ1) is 15.5. The van der Waals surface area contributed by atoms with Crippen LogP contribution in [0.2, 0.25) is 0 Å². The second-order valence-corrected chi connectivity index (χ2v) is 8.30. The minimum Gasteiger partial charge on any atom is -0.383 e. The molecule has 3 N–H and O–H groups in total. The van der Waals surface area contributed by atoms with Crippen molar-refractivity contribution in [1.29, 1.82) is 0 Å². The van der Waals surface area contributed by atoms with Crippen LogP contribution in [0.5, 0.6) is 0 Å². The largest absolute Gasteiger partial charge is 0.383 e. The van der Waals surface area contributed by atoms with Gasteiger partial charge in [-0.05, 0) is 30.2 Å². The Hall–Kier alpha value is -3.72. The summed E-state index contributed by atoms with van der Waals surface area (Å²) in [5, 5.41) is 0. The van der Waals surface area contributed by atoms with E-state index in [1.54, 1.807) is 23.7 Å². The predicted octanol–water partition coefficient (Wildman–Crippen LogP) is 3.38. The number of nitrogens with zero attached hydrogens (tertiary/aromatic N) is 3. The third-order valence-corrected chi connectivity index (χ3v) is 6.02. The number of nitrogens with two attached hydrogens (primary N) is 1. The highest BCUT2D eigenvalue weighted by atomic mass is 32.1. The van der Waals surface area contributed by atoms with E-state index in [9.17, 15) is 14.4 Å². The molecule has 0 aliphatic rings. The number of carbonyl (C=O) groups excluding carboxylic acids is 1. The molecule has 4 aromatic rings. The standard InChI is InChI=1S/C23H23N5O3S/c1-2-3-11-27-20(24)19(21(29)26-23(27)31)28(13-15-7-5-4-6-8-15)22(30)16-9-10-17-18(12-16)32-14-25-17/h4-10,12,14H,2-3,11,13,24H2,1H3,(H,26,29,31). The molecule has 0 aliphatic heterocycles. The third kappa shape index (κ3) is 4.19. The third-order valence-electron chi connectivity index (χ3n) is 5.23. The van der Waals surface area contributed by atoms with Gasteiger partial charge in [-0.25, -0.2) is 9.78 Å². The van der Waals surface area contributed by atoms with Crippen LogP contribution in [0.15, 0.2) is 63.6 Å². The van der Waals surface area contributed by atoms with E-state index < -0.39 is 11.2 Å². The van der Waals surface area contributed by atoms with Gasteiger partial charge in [-0.1, -0.05) is 43.7 Å². The molecule has 2 heterocycles. The van der Waals surface area contributed by atoms with Crippen LogP contribution in [0.4, 0.5) is 11.5 Å². The summed E-state index contributed by atoms with van der Waals surface area (Å²) in [5.41, 5.74) is 8.75. The van der Waals surface area contributed by atoms with E-state index in [1.807, 2.05) is 37.3 Å². The number of fused-ring (bicyclic) bond motifs is 1. The summed E-state index contributed by atoms with van der Waals surface area (Å²) in [5.74, 6) is -0.405. The van der Waals surface area contributed by atoms with Gasteiger partial charge >= 0.3 is 5.69 Å². The number of nitrogens with one attached hydrogen (secondary N) is 1. The van der Waals surface area contributed by atoms with Crippen molar-refractivity contribution in [1.82, 2.24) is 14.5 Å². The van der Waals surface area contributed by atoms with Crippen LogP contribution < -0.4 is 21.9 Å². The molecule has 1 amide bonds. The van der Waals surface area contributed by atoms with Gasteiger partial charge in [0.05, 0.1) is 22.3 Å². The van der Waals surface area contributed by atoms with E-state index in [1.165, 1.54) is 20.8 Å². The van der Waals surface area contributed by atoms with E-state index in [-0.39, 0.29) is 24.0 Å². The highest BCUT2D eigenvalue weighted by Gasteiger charge is 2.26. The first-order valence-electron chi connectivity index (χ1n) is 10.3. The lowest BCUT2D eigenvalue weighted by molar-refractivity contribution is 0.0985. The molecule has 9 heteroatoms. The summed E-state index contributed by atoms with van der Waals surface area (Å²) in [7, 11) is 0.